The van der Waals surface area contributed by atoms with Crippen LogP contribution < -0.4 is 15.1 Å². The van der Waals surface area contributed by atoms with Gasteiger partial charge in [-0.05, 0) is 62.3 Å². The van der Waals surface area contributed by atoms with Crippen molar-refractivity contribution in [2.75, 3.05) is 29.2 Å². The van der Waals surface area contributed by atoms with Crippen LogP contribution in [0.1, 0.15) is 50.2 Å². The van der Waals surface area contributed by atoms with Crippen LogP contribution >= 0.6 is 0 Å². The van der Waals surface area contributed by atoms with Crippen LogP contribution in [-0.2, 0) is 17.4 Å². The molecule has 2 heterocycles. The first-order valence-electron chi connectivity index (χ1n) is 11.8. The predicted octanol–water partition coefficient (Wildman–Crippen LogP) is 5.06. The van der Waals surface area contributed by atoms with Gasteiger partial charge in [-0.15, -0.1) is 0 Å². The van der Waals surface area contributed by atoms with Crippen molar-refractivity contribution in [2.24, 2.45) is 11.8 Å². The highest BCUT2D eigenvalue weighted by Crippen LogP contribution is 2.37. The second-order valence-corrected chi connectivity index (χ2v) is 9.91. The van der Waals surface area contributed by atoms with Gasteiger partial charge in [-0.25, -0.2) is 9.97 Å². The molecule has 9 heteroatoms. The standard InChI is InChI=1S/C25H32F3N5O/c1-14(2)22-24(34)31-21-15(3)29-20(30-23(21)33(22)5)13-16-6-9-19(12-16)32(4)18-10-7-17(8-11-18)25(26,27)28/h7-8,10-11,14,16,19,22H,6,9,12-13H2,1-5H3,(H,31,34)/t16-,19+,22+/m1/s1. The number of carbonyl (C=O) groups excluding carboxylic acids is 1. The minimum atomic E-state index is -4.32. The molecule has 0 radical (unpaired) electrons. The first kappa shape index (κ1) is 24.3. The van der Waals surface area contributed by atoms with Gasteiger partial charge in [0, 0.05) is 32.2 Å². The third-order valence-electron chi connectivity index (χ3n) is 7.15. The molecule has 4 rings (SSSR count). The number of rotatable bonds is 5. The van der Waals surface area contributed by atoms with Crippen LogP contribution in [-0.4, -0.2) is 42.1 Å². The van der Waals surface area contributed by atoms with Crippen molar-refractivity contribution in [3.05, 3.63) is 41.3 Å². The largest absolute Gasteiger partial charge is 0.416 e. The molecule has 1 aromatic heterocycles. The monoisotopic (exact) mass is 475 g/mol. The average Bonchev–Trinajstić information content (AvgIpc) is 3.22. The number of amides is 1. The number of carbonyl (C=O) groups is 1. The van der Waals surface area contributed by atoms with E-state index in [0.29, 0.717) is 11.6 Å². The van der Waals surface area contributed by atoms with E-state index in [2.05, 4.69) is 15.2 Å². The molecule has 34 heavy (non-hydrogen) atoms. The summed E-state index contributed by atoms with van der Waals surface area (Å²) in [5.74, 6) is 2.04. The quantitative estimate of drug-likeness (QED) is 0.655. The van der Waals surface area contributed by atoms with Crippen molar-refractivity contribution in [1.82, 2.24) is 9.97 Å². The normalized spacial score (nSPS) is 22.7. The molecule has 3 atom stereocenters. The number of benzene rings is 1. The molecule has 184 valence electrons. The third kappa shape index (κ3) is 4.70. The van der Waals surface area contributed by atoms with E-state index >= 15 is 0 Å². The number of nitrogens with zero attached hydrogens (tertiary/aromatic N) is 4. The molecular formula is C25H32F3N5O. The minimum absolute atomic E-state index is 0.0330. The maximum absolute atomic E-state index is 12.9. The zero-order chi connectivity index (χ0) is 24.8. The summed E-state index contributed by atoms with van der Waals surface area (Å²) in [6.45, 7) is 5.93. The van der Waals surface area contributed by atoms with E-state index in [1.807, 2.05) is 39.8 Å². The van der Waals surface area contributed by atoms with Crippen molar-refractivity contribution in [3.8, 4) is 0 Å². The van der Waals surface area contributed by atoms with E-state index < -0.39 is 11.7 Å². The molecular weight excluding hydrogens is 443 g/mol. The van der Waals surface area contributed by atoms with Crippen LogP contribution in [0.25, 0.3) is 0 Å². The lowest BCUT2D eigenvalue weighted by atomic mass is 9.99. The predicted molar refractivity (Wildman–Crippen MR) is 127 cm³/mol. The van der Waals surface area contributed by atoms with Gasteiger partial charge in [-0.3, -0.25) is 4.79 Å². The minimum Gasteiger partial charge on any atom is -0.372 e. The Morgan fingerprint density at radius 2 is 1.85 bits per heavy atom. The first-order chi connectivity index (χ1) is 16.0. The fourth-order valence-corrected chi connectivity index (χ4v) is 5.30. The number of alkyl halides is 3. The van der Waals surface area contributed by atoms with Crippen LogP contribution in [0.5, 0.6) is 0 Å². The zero-order valence-electron chi connectivity index (χ0n) is 20.3. The smallest absolute Gasteiger partial charge is 0.372 e. The molecule has 6 nitrogen and oxygen atoms in total. The molecule has 1 N–H and O–H groups in total. The van der Waals surface area contributed by atoms with Crippen molar-refractivity contribution in [1.29, 1.82) is 0 Å². The number of hydrogen-bond acceptors (Lipinski definition) is 5. The Kier molecular flexibility index (Phi) is 6.48. The fourth-order valence-electron chi connectivity index (χ4n) is 5.30. The lowest BCUT2D eigenvalue weighted by molar-refractivity contribution is -0.137. The molecule has 1 aromatic carbocycles. The van der Waals surface area contributed by atoms with Gasteiger partial charge in [-0.1, -0.05) is 13.8 Å². The molecule has 1 aliphatic heterocycles. The SMILES string of the molecule is Cc1nc(C[C@@H]2CC[C@H](N(C)c3ccc(C(F)(F)F)cc3)C2)nc2c1NC(=O)[C@H](C(C)C)N2C. The van der Waals surface area contributed by atoms with Crippen LogP contribution in [0.4, 0.5) is 30.4 Å². The highest BCUT2D eigenvalue weighted by atomic mass is 19.4. The third-order valence-corrected chi connectivity index (χ3v) is 7.15. The van der Waals surface area contributed by atoms with E-state index in [4.69, 9.17) is 4.98 Å². The van der Waals surface area contributed by atoms with Gasteiger partial charge in [-0.2, -0.15) is 13.2 Å². The van der Waals surface area contributed by atoms with Crippen LogP contribution in [0.2, 0.25) is 0 Å². The van der Waals surface area contributed by atoms with Gasteiger partial charge >= 0.3 is 6.18 Å². The molecule has 0 saturated heterocycles. The maximum atomic E-state index is 12.9. The fraction of sp³-hybridized carbons (Fsp3) is 0.560. The summed E-state index contributed by atoms with van der Waals surface area (Å²) < 4.78 is 38.6. The number of likely N-dealkylation sites (N-methyl/N-ethyl adjacent to an activating group) is 1. The van der Waals surface area contributed by atoms with Crippen molar-refractivity contribution in [2.45, 2.75) is 64.7 Å². The second kappa shape index (κ2) is 9.07. The van der Waals surface area contributed by atoms with Crippen LogP contribution in [0.15, 0.2) is 24.3 Å². The Labute approximate surface area is 198 Å². The first-order valence-corrected chi connectivity index (χ1v) is 11.8. The summed E-state index contributed by atoms with van der Waals surface area (Å²) in [6.07, 6.45) is -0.680. The average molecular weight is 476 g/mol. The Morgan fingerprint density at radius 1 is 1.18 bits per heavy atom. The van der Waals surface area contributed by atoms with E-state index in [-0.39, 0.29) is 23.9 Å². The molecule has 1 aliphatic carbocycles. The number of aromatic nitrogens is 2. The van der Waals surface area contributed by atoms with Crippen molar-refractivity contribution < 1.29 is 18.0 Å². The molecule has 0 spiro atoms. The summed E-state index contributed by atoms with van der Waals surface area (Å²) in [4.78, 5) is 26.1. The molecule has 1 amide bonds. The van der Waals surface area contributed by atoms with Gasteiger partial charge in [0.05, 0.1) is 11.3 Å². The summed E-state index contributed by atoms with van der Waals surface area (Å²) >= 11 is 0. The molecule has 2 aromatic rings. The number of aryl methyl sites for hydroxylation is 1. The van der Waals surface area contributed by atoms with Gasteiger partial charge in [0.15, 0.2) is 5.82 Å². The van der Waals surface area contributed by atoms with Crippen molar-refractivity contribution in [3.63, 3.8) is 0 Å². The van der Waals surface area contributed by atoms with Gasteiger partial charge in [0.1, 0.15) is 17.6 Å². The lowest BCUT2D eigenvalue weighted by Crippen LogP contribution is -2.49. The Morgan fingerprint density at radius 3 is 2.47 bits per heavy atom. The van der Waals surface area contributed by atoms with Gasteiger partial charge < -0.3 is 15.1 Å². The van der Waals surface area contributed by atoms with Crippen LogP contribution in [0.3, 0.4) is 0 Å². The summed E-state index contributed by atoms with van der Waals surface area (Å²) in [5, 5.41) is 2.98. The number of anilines is 3. The van der Waals surface area contributed by atoms with Crippen LogP contribution in [0, 0.1) is 18.8 Å². The highest BCUT2D eigenvalue weighted by molar-refractivity contribution is 6.03. The number of hydrogen-bond donors (Lipinski definition) is 1. The van der Waals surface area contributed by atoms with Gasteiger partial charge in [0.2, 0.25) is 5.91 Å². The highest BCUT2D eigenvalue weighted by Gasteiger charge is 2.36. The number of nitrogens with one attached hydrogen (secondary N) is 1. The molecule has 0 unspecified atom stereocenters. The molecule has 0 bridgehead atoms. The Balaban J connectivity index is 1.45. The van der Waals surface area contributed by atoms with E-state index in [1.165, 1.54) is 0 Å². The Hall–Kier alpha value is -2.84. The van der Waals surface area contributed by atoms with E-state index in [0.717, 1.165) is 60.8 Å². The van der Waals surface area contributed by atoms with Gasteiger partial charge in [0.25, 0.3) is 0 Å². The number of fused-ring (bicyclic) bond motifs is 1. The maximum Gasteiger partial charge on any atom is 0.416 e. The zero-order valence-corrected chi connectivity index (χ0v) is 20.3. The topological polar surface area (TPSA) is 61.4 Å². The lowest BCUT2D eigenvalue weighted by Gasteiger charge is -2.37. The Bertz CT molecular complexity index is 1050. The second-order valence-electron chi connectivity index (χ2n) is 9.91. The molecule has 1 fully saturated rings. The summed E-state index contributed by atoms with van der Waals surface area (Å²) in [5.41, 5.74) is 1.60. The van der Waals surface area contributed by atoms with E-state index in [9.17, 15) is 18.0 Å². The summed E-state index contributed by atoms with van der Waals surface area (Å²) in [6, 6.07) is 5.35. The number of halogens is 3. The molecule has 1 saturated carbocycles. The van der Waals surface area contributed by atoms with E-state index in [1.54, 1.807) is 12.1 Å². The molecule has 2 aliphatic rings. The summed E-state index contributed by atoms with van der Waals surface area (Å²) in [7, 11) is 3.85. The van der Waals surface area contributed by atoms with Crippen molar-refractivity contribution >= 4 is 23.1 Å².